The molecule has 0 saturated heterocycles. The molecule has 0 aliphatic heterocycles. The molecule has 0 aliphatic rings. The molecule has 0 unspecified atom stereocenters. The smallest absolute Gasteiger partial charge is 0.184 e. The quantitative estimate of drug-likeness (QED) is 0.851. The SMILES string of the molecule is CCOc1cc(Oc2cccc(Cl)c2F)c(N)cc1F. The summed E-state index contributed by atoms with van der Waals surface area (Å²) in [6, 6.07) is 6.65. The van der Waals surface area contributed by atoms with Crippen LogP contribution in [-0.4, -0.2) is 6.61 Å². The lowest BCUT2D eigenvalue weighted by atomic mass is 10.2. The fourth-order valence-corrected chi connectivity index (χ4v) is 1.75. The molecule has 2 aromatic carbocycles. The molecule has 0 fully saturated rings. The zero-order valence-corrected chi connectivity index (χ0v) is 11.4. The van der Waals surface area contributed by atoms with Crippen molar-refractivity contribution in [3.63, 3.8) is 0 Å². The van der Waals surface area contributed by atoms with Crippen LogP contribution in [0.25, 0.3) is 0 Å². The van der Waals surface area contributed by atoms with Crippen LogP contribution in [0.15, 0.2) is 30.3 Å². The summed E-state index contributed by atoms with van der Waals surface area (Å²) in [5.74, 6) is -1.34. The number of halogens is 3. The van der Waals surface area contributed by atoms with Crippen LogP contribution in [0.1, 0.15) is 6.92 Å². The molecular formula is C14H12ClF2NO2. The molecule has 0 aromatic heterocycles. The zero-order chi connectivity index (χ0) is 14.7. The molecule has 2 N–H and O–H groups in total. The number of anilines is 1. The largest absolute Gasteiger partial charge is 0.491 e. The van der Waals surface area contributed by atoms with Crippen molar-refractivity contribution in [2.75, 3.05) is 12.3 Å². The maximum absolute atomic E-state index is 13.7. The second-order valence-electron chi connectivity index (χ2n) is 3.91. The highest BCUT2D eigenvalue weighted by Gasteiger charge is 2.14. The number of nitrogens with two attached hydrogens (primary N) is 1. The number of nitrogen functional groups attached to an aromatic ring is 1. The molecule has 6 heteroatoms. The molecule has 0 aliphatic carbocycles. The van der Waals surface area contributed by atoms with Gasteiger partial charge >= 0.3 is 0 Å². The number of hydrogen-bond donors (Lipinski definition) is 1. The van der Waals surface area contributed by atoms with Crippen LogP contribution in [0.3, 0.4) is 0 Å². The summed E-state index contributed by atoms with van der Waals surface area (Å²) in [4.78, 5) is 0. The van der Waals surface area contributed by atoms with Gasteiger partial charge in [-0.3, -0.25) is 0 Å². The van der Waals surface area contributed by atoms with E-state index >= 15 is 0 Å². The maximum atomic E-state index is 13.7. The summed E-state index contributed by atoms with van der Waals surface area (Å²) in [5.41, 5.74) is 5.68. The summed E-state index contributed by atoms with van der Waals surface area (Å²) in [7, 11) is 0. The van der Waals surface area contributed by atoms with Crippen LogP contribution in [-0.2, 0) is 0 Å². The average molecular weight is 300 g/mol. The minimum absolute atomic E-state index is 0.0147. The third kappa shape index (κ3) is 2.93. The lowest BCUT2D eigenvalue weighted by molar-refractivity contribution is 0.319. The predicted octanol–water partition coefficient (Wildman–Crippen LogP) is 4.39. The van der Waals surface area contributed by atoms with Crippen molar-refractivity contribution >= 4 is 17.3 Å². The molecule has 0 bridgehead atoms. The van der Waals surface area contributed by atoms with E-state index in [0.29, 0.717) is 0 Å². The van der Waals surface area contributed by atoms with E-state index in [0.717, 1.165) is 6.07 Å². The molecule has 106 valence electrons. The van der Waals surface area contributed by atoms with Gasteiger partial charge in [0.25, 0.3) is 0 Å². The summed E-state index contributed by atoms with van der Waals surface area (Å²) in [5, 5.41) is -0.0757. The average Bonchev–Trinajstić information content (AvgIpc) is 2.40. The first-order valence-electron chi connectivity index (χ1n) is 5.86. The van der Waals surface area contributed by atoms with Crippen LogP contribution in [0.2, 0.25) is 5.02 Å². The summed E-state index contributed by atoms with van der Waals surface area (Å²) in [6.45, 7) is 2.00. The third-order valence-corrected chi connectivity index (χ3v) is 2.79. The Morgan fingerprint density at radius 2 is 1.90 bits per heavy atom. The Kier molecular flexibility index (Phi) is 4.29. The molecule has 0 amide bonds. The van der Waals surface area contributed by atoms with E-state index in [9.17, 15) is 8.78 Å². The van der Waals surface area contributed by atoms with Gasteiger partial charge in [0.2, 0.25) is 0 Å². The van der Waals surface area contributed by atoms with Crippen molar-refractivity contribution in [2.24, 2.45) is 0 Å². The summed E-state index contributed by atoms with van der Waals surface area (Å²) in [6.07, 6.45) is 0. The Morgan fingerprint density at radius 3 is 2.60 bits per heavy atom. The molecule has 2 aromatic rings. The summed E-state index contributed by atoms with van der Waals surface area (Å²) < 4.78 is 37.7. The zero-order valence-electron chi connectivity index (χ0n) is 10.6. The van der Waals surface area contributed by atoms with Gasteiger partial charge < -0.3 is 15.2 Å². The van der Waals surface area contributed by atoms with Crippen molar-refractivity contribution in [1.82, 2.24) is 0 Å². The van der Waals surface area contributed by atoms with E-state index in [1.807, 2.05) is 0 Å². The van der Waals surface area contributed by atoms with Crippen molar-refractivity contribution < 1.29 is 18.3 Å². The van der Waals surface area contributed by atoms with E-state index in [1.54, 1.807) is 6.92 Å². The number of benzene rings is 2. The Bertz CT molecular complexity index is 635. The Hall–Kier alpha value is -2.01. The Morgan fingerprint density at radius 1 is 1.15 bits per heavy atom. The standard InChI is InChI=1S/C14H12ClF2NO2/c1-2-19-12-7-13(10(18)6-9(12)16)20-11-5-3-4-8(15)14(11)17/h3-7H,2,18H2,1H3. The van der Waals surface area contributed by atoms with Gasteiger partial charge in [0, 0.05) is 12.1 Å². The Balaban J connectivity index is 2.38. The van der Waals surface area contributed by atoms with Crippen molar-refractivity contribution in [3.8, 4) is 17.2 Å². The van der Waals surface area contributed by atoms with Crippen LogP contribution in [0.5, 0.6) is 17.2 Å². The van der Waals surface area contributed by atoms with Gasteiger partial charge in [-0.2, -0.15) is 0 Å². The lowest BCUT2D eigenvalue weighted by Crippen LogP contribution is -1.99. The van der Waals surface area contributed by atoms with E-state index in [-0.39, 0.29) is 34.6 Å². The molecule has 0 atom stereocenters. The Labute approximate surface area is 119 Å². The molecular weight excluding hydrogens is 288 g/mol. The van der Waals surface area contributed by atoms with Gasteiger partial charge in [-0.25, -0.2) is 8.78 Å². The molecule has 20 heavy (non-hydrogen) atoms. The van der Waals surface area contributed by atoms with E-state index < -0.39 is 11.6 Å². The van der Waals surface area contributed by atoms with E-state index in [4.69, 9.17) is 26.8 Å². The normalized spacial score (nSPS) is 10.4. The minimum atomic E-state index is -0.712. The molecule has 0 radical (unpaired) electrons. The maximum Gasteiger partial charge on any atom is 0.184 e. The predicted molar refractivity (Wildman–Crippen MR) is 73.5 cm³/mol. The van der Waals surface area contributed by atoms with Crippen LogP contribution in [0.4, 0.5) is 14.5 Å². The highest BCUT2D eigenvalue weighted by molar-refractivity contribution is 6.30. The second kappa shape index (κ2) is 5.96. The highest BCUT2D eigenvalue weighted by atomic mass is 35.5. The fourth-order valence-electron chi connectivity index (χ4n) is 1.59. The molecule has 0 heterocycles. The van der Waals surface area contributed by atoms with E-state index in [1.165, 1.54) is 24.3 Å². The van der Waals surface area contributed by atoms with Gasteiger partial charge in [-0.15, -0.1) is 0 Å². The van der Waals surface area contributed by atoms with Gasteiger partial charge in [0.1, 0.15) is 0 Å². The van der Waals surface area contributed by atoms with Gasteiger partial charge in [-0.1, -0.05) is 17.7 Å². The summed E-state index contributed by atoms with van der Waals surface area (Å²) >= 11 is 5.66. The first-order chi connectivity index (χ1) is 9.52. The number of ether oxygens (including phenoxy) is 2. The second-order valence-corrected chi connectivity index (χ2v) is 4.31. The van der Waals surface area contributed by atoms with Crippen molar-refractivity contribution in [3.05, 3.63) is 47.0 Å². The first kappa shape index (κ1) is 14.4. The van der Waals surface area contributed by atoms with Crippen molar-refractivity contribution in [2.45, 2.75) is 6.92 Å². The number of rotatable bonds is 4. The molecule has 2 rings (SSSR count). The molecule has 3 nitrogen and oxygen atoms in total. The number of hydrogen-bond acceptors (Lipinski definition) is 3. The molecule has 0 spiro atoms. The lowest BCUT2D eigenvalue weighted by Gasteiger charge is -2.12. The first-order valence-corrected chi connectivity index (χ1v) is 6.24. The van der Waals surface area contributed by atoms with Crippen LogP contribution < -0.4 is 15.2 Å². The van der Waals surface area contributed by atoms with Crippen LogP contribution in [0, 0.1) is 11.6 Å². The van der Waals surface area contributed by atoms with Gasteiger partial charge in [0.15, 0.2) is 28.9 Å². The van der Waals surface area contributed by atoms with Gasteiger partial charge in [-0.05, 0) is 19.1 Å². The van der Waals surface area contributed by atoms with Gasteiger partial charge in [0.05, 0.1) is 17.3 Å². The van der Waals surface area contributed by atoms with Crippen molar-refractivity contribution in [1.29, 1.82) is 0 Å². The highest BCUT2D eigenvalue weighted by Crippen LogP contribution is 2.35. The van der Waals surface area contributed by atoms with Crippen LogP contribution >= 0.6 is 11.6 Å². The topological polar surface area (TPSA) is 44.5 Å². The molecule has 0 saturated carbocycles. The third-order valence-electron chi connectivity index (χ3n) is 2.50. The minimum Gasteiger partial charge on any atom is -0.491 e. The van der Waals surface area contributed by atoms with E-state index in [2.05, 4.69) is 0 Å². The fraction of sp³-hybridized carbons (Fsp3) is 0.143. The monoisotopic (exact) mass is 299 g/mol.